The van der Waals surface area contributed by atoms with Crippen molar-refractivity contribution in [2.24, 2.45) is 0 Å². The van der Waals surface area contributed by atoms with Gasteiger partial charge in [0, 0.05) is 12.1 Å². The Balaban J connectivity index is 2.14. The van der Waals surface area contributed by atoms with E-state index in [9.17, 15) is 0 Å². The van der Waals surface area contributed by atoms with Gasteiger partial charge in [0.2, 0.25) is 5.95 Å². The summed E-state index contributed by atoms with van der Waals surface area (Å²) in [6.45, 7) is 7.20. The Labute approximate surface area is 123 Å². The molecule has 1 aromatic carbocycles. The lowest BCUT2D eigenvalue weighted by atomic mass is 10.0. The van der Waals surface area contributed by atoms with E-state index in [1.165, 1.54) is 11.1 Å². The van der Waals surface area contributed by atoms with E-state index in [4.69, 9.17) is 0 Å². The van der Waals surface area contributed by atoms with Crippen molar-refractivity contribution < 1.29 is 0 Å². The number of anilines is 1. The quantitative estimate of drug-likeness (QED) is 0.768. The minimum absolute atomic E-state index is 0.641. The van der Waals surface area contributed by atoms with E-state index in [2.05, 4.69) is 64.5 Å². The van der Waals surface area contributed by atoms with Crippen LogP contribution in [0, 0.1) is 13.8 Å². The van der Waals surface area contributed by atoms with Crippen molar-refractivity contribution in [3.63, 3.8) is 0 Å². The topological polar surface area (TPSA) is 66.5 Å². The number of nitrogens with one attached hydrogen (secondary N) is 2. The molecular weight excluding hydrogens is 262 g/mol. The highest BCUT2D eigenvalue weighted by molar-refractivity contribution is 5.90. The number of aromatic nitrogens is 4. The molecule has 0 fully saturated rings. The smallest absolute Gasteiger partial charge is 0.225 e. The van der Waals surface area contributed by atoms with Crippen LogP contribution >= 0.6 is 0 Å². The normalized spacial score (nSPS) is 11.0. The molecule has 0 amide bonds. The van der Waals surface area contributed by atoms with Crippen LogP contribution < -0.4 is 5.32 Å². The van der Waals surface area contributed by atoms with Gasteiger partial charge in [0.05, 0.1) is 17.3 Å². The van der Waals surface area contributed by atoms with Crippen LogP contribution in [-0.2, 0) is 0 Å². The molecule has 3 aromatic rings. The number of hydrogen-bond acceptors (Lipinski definition) is 4. The standard InChI is InChI=1S/C16H19N5/c1-4-7-17-16-19-14(13-9-18-21-15(13)20-16)12-6-5-10(2)11(3)8-12/h5-6,8-9H,4,7H2,1-3H3,(H2,17,18,19,20,21). The molecule has 0 saturated carbocycles. The van der Waals surface area contributed by atoms with Gasteiger partial charge in [-0.2, -0.15) is 10.1 Å². The molecule has 5 heteroatoms. The third-order valence-corrected chi connectivity index (χ3v) is 3.62. The van der Waals surface area contributed by atoms with E-state index in [1.807, 2.05) is 0 Å². The highest BCUT2D eigenvalue weighted by atomic mass is 15.2. The van der Waals surface area contributed by atoms with Gasteiger partial charge in [-0.25, -0.2) is 4.98 Å². The number of rotatable bonds is 4. The number of aryl methyl sites for hydroxylation is 2. The van der Waals surface area contributed by atoms with Crippen LogP contribution in [0.25, 0.3) is 22.3 Å². The van der Waals surface area contributed by atoms with Crippen LogP contribution in [0.1, 0.15) is 24.5 Å². The molecule has 0 spiro atoms. The molecule has 0 bridgehead atoms. The third kappa shape index (κ3) is 2.59. The SMILES string of the molecule is CCCNc1nc(-c2ccc(C)c(C)c2)c2cn[nH]c2n1. The Morgan fingerprint density at radius 2 is 2.00 bits per heavy atom. The lowest BCUT2D eigenvalue weighted by Crippen LogP contribution is -2.05. The van der Waals surface area contributed by atoms with Crippen molar-refractivity contribution in [2.75, 3.05) is 11.9 Å². The summed E-state index contributed by atoms with van der Waals surface area (Å²) in [6, 6.07) is 6.38. The molecule has 2 heterocycles. The van der Waals surface area contributed by atoms with Gasteiger partial charge in [0.25, 0.3) is 0 Å². The largest absolute Gasteiger partial charge is 0.354 e. The minimum Gasteiger partial charge on any atom is -0.354 e. The van der Waals surface area contributed by atoms with Crippen molar-refractivity contribution in [1.29, 1.82) is 0 Å². The maximum atomic E-state index is 4.67. The predicted octanol–water partition coefficient (Wildman–Crippen LogP) is 3.46. The Bertz CT molecular complexity index is 775. The maximum absolute atomic E-state index is 4.67. The van der Waals surface area contributed by atoms with Crippen LogP contribution in [0.2, 0.25) is 0 Å². The summed E-state index contributed by atoms with van der Waals surface area (Å²) < 4.78 is 0. The molecule has 5 nitrogen and oxygen atoms in total. The van der Waals surface area contributed by atoms with Crippen molar-refractivity contribution in [3.05, 3.63) is 35.5 Å². The fourth-order valence-electron chi connectivity index (χ4n) is 2.26. The van der Waals surface area contributed by atoms with Crippen LogP contribution in [0.4, 0.5) is 5.95 Å². The molecule has 0 radical (unpaired) electrons. The van der Waals surface area contributed by atoms with E-state index in [1.54, 1.807) is 6.20 Å². The van der Waals surface area contributed by atoms with Crippen molar-refractivity contribution in [2.45, 2.75) is 27.2 Å². The second kappa shape index (κ2) is 5.52. The lowest BCUT2D eigenvalue weighted by molar-refractivity contribution is 0.955. The van der Waals surface area contributed by atoms with Crippen LogP contribution in [0.15, 0.2) is 24.4 Å². The summed E-state index contributed by atoms with van der Waals surface area (Å²) in [5.41, 5.74) is 5.30. The van der Waals surface area contributed by atoms with Gasteiger partial charge < -0.3 is 5.32 Å². The van der Waals surface area contributed by atoms with Gasteiger partial charge in [0.1, 0.15) is 0 Å². The first-order valence-electron chi connectivity index (χ1n) is 7.21. The lowest BCUT2D eigenvalue weighted by Gasteiger charge is -2.09. The number of fused-ring (bicyclic) bond motifs is 1. The van der Waals surface area contributed by atoms with Crippen LogP contribution in [-0.4, -0.2) is 26.7 Å². The van der Waals surface area contributed by atoms with Crippen molar-refractivity contribution >= 4 is 17.0 Å². The number of H-pyrrole nitrogens is 1. The first kappa shape index (κ1) is 13.5. The molecule has 0 aliphatic rings. The third-order valence-electron chi connectivity index (χ3n) is 3.62. The molecular formula is C16H19N5. The van der Waals surface area contributed by atoms with E-state index in [0.717, 1.165) is 35.3 Å². The number of aromatic amines is 1. The second-order valence-corrected chi connectivity index (χ2v) is 5.25. The fraction of sp³-hybridized carbons (Fsp3) is 0.312. The van der Waals surface area contributed by atoms with E-state index in [0.29, 0.717) is 5.95 Å². The molecule has 0 aliphatic heterocycles. The number of hydrogen-bond donors (Lipinski definition) is 2. The minimum atomic E-state index is 0.641. The molecule has 2 N–H and O–H groups in total. The zero-order valence-electron chi connectivity index (χ0n) is 12.6. The van der Waals surface area contributed by atoms with E-state index >= 15 is 0 Å². The molecule has 21 heavy (non-hydrogen) atoms. The summed E-state index contributed by atoms with van der Waals surface area (Å²) in [6.07, 6.45) is 2.81. The van der Waals surface area contributed by atoms with Gasteiger partial charge in [-0.15, -0.1) is 0 Å². The van der Waals surface area contributed by atoms with Gasteiger partial charge in [-0.1, -0.05) is 19.1 Å². The molecule has 2 aromatic heterocycles. The Morgan fingerprint density at radius 1 is 1.14 bits per heavy atom. The average Bonchev–Trinajstić information content (AvgIpc) is 2.95. The zero-order valence-corrected chi connectivity index (χ0v) is 12.6. The second-order valence-electron chi connectivity index (χ2n) is 5.25. The molecule has 108 valence electrons. The first-order valence-corrected chi connectivity index (χ1v) is 7.21. The Kier molecular flexibility index (Phi) is 3.56. The monoisotopic (exact) mass is 281 g/mol. The predicted molar refractivity (Wildman–Crippen MR) is 85.4 cm³/mol. The van der Waals surface area contributed by atoms with Crippen molar-refractivity contribution in [3.8, 4) is 11.3 Å². The van der Waals surface area contributed by atoms with Gasteiger partial charge >= 0.3 is 0 Å². The summed E-state index contributed by atoms with van der Waals surface area (Å²) >= 11 is 0. The molecule has 0 atom stereocenters. The molecule has 0 saturated heterocycles. The molecule has 0 aliphatic carbocycles. The van der Waals surface area contributed by atoms with Crippen molar-refractivity contribution in [1.82, 2.24) is 20.2 Å². The highest BCUT2D eigenvalue weighted by Crippen LogP contribution is 2.27. The summed E-state index contributed by atoms with van der Waals surface area (Å²) in [7, 11) is 0. The van der Waals surface area contributed by atoms with E-state index in [-0.39, 0.29) is 0 Å². The summed E-state index contributed by atoms with van der Waals surface area (Å²) in [5.74, 6) is 0.641. The molecule has 3 rings (SSSR count). The number of benzene rings is 1. The van der Waals surface area contributed by atoms with Gasteiger partial charge in [-0.3, -0.25) is 5.10 Å². The summed E-state index contributed by atoms with van der Waals surface area (Å²) in [5, 5.41) is 11.2. The number of nitrogens with zero attached hydrogens (tertiary/aromatic N) is 3. The Hall–Kier alpha value is -2.43. The van der Waals surface area contributed by atoms with E-state index < -0.39 is 0 Å². The highest BCUT2D eigenvalue weighted by Gasteiger charge is 2.11. The van der Waals surface area contributed by atoms with Gasteiger partial charge in [-0.05, 0) is 37.5 Å². The zero-order chi connectivity index (χ0) is 14.8. The van der Waals surface area contributed by atoms with Crippen LogP contribution in [0.3, 0.4) is 0 Å². The first-order chi connectivity index (χ1) is 10.2. The average molecular weight is 281 g/mol. The van der Waals surface area contributed by atoms with Gasteiger partial charge in [0.15, 0.2) is 5.65 Å². The Morgan fingerprint density at radius 3 is 2.76 bits per heavy atom. The molecule has 0 unspecified atom stereocenters. The fourth-order valence-corrected chi connectivity index (χ4v) is 2.26. The maximum Gasteiger partial charge on any atom is 0.225 e. The van der Waals surface area contributed by atoms with Crippen LogP contribution in [0.5, 0.6) is 0 Å². The summed E-state index contributed by atoms with van der Waals surface area (Å²) in [4.78, 5) is 9.13.